The van der Waals surface area contributed by atoms with E-state index in [2.05, 4.69) is 9.97 Å². The lowest BCUT2D eigenvalue weighted by Gasteiger charge is -2.32. The van der Waals surface area contributed by atoms with E-state index in [1.165, 1.54) is 0 Å². The Kier molecular flexibility index (Phi) is 4.92. The van der Waals surface area contributed by atoms with Crippen LogP contribution in [-0.4, -0.2) is 43.0 Å². The Hall–Kier alpha value is -3.68. The summed E-state index contributed by atoms with van der Waals surface area (Å²) < 4.78 is 3.50. The number of fused-ring (bicyclic) bond motifs is 2. The van der Waals surface area contributed by atoms with Gasteiger partial charge in [-0.1, -0.05) is 12.1 Å². The molecule has 0 spiro atoms. The van der Waals surface area contributed by atoms with Crippen molar-refractivity contribution < 1.29 is 4.79 Å². The van der Waals surface area contributed by atoms with E-state index in [9.17, 15) is 14.4 Å². The fraction of sp³-hybridized carbons (Fsp3) is 0.333. The molecule has 2 aromatic carbocycles. The van der Waals surface area contributed by atoms with Crippen LogP contribution in [0.5, 0.6) is 0 Å². The maximum atomic E-state index is 13.2. The summed E-state index contributed by atoms with van der Waals surface area (Å²) in [7, 11) is 0. The van der Waals surface area contributed by atoms with E-state index in [-0.39, 0.29) is 23.2 Å². The van der Waals surface area contributed by atoms with Gasteiger partial charge in [-0.25, -0.2) is 9.78 Å². The third-order valence-corrected chi connectivity index (χ3v) is 6.41. The van der Waals surface area contributed by atoms with E-state index in [1.807, 2.05) is 40.7 Å². The van der Waals surface area contributed by atoms with Crippen LogP contribution in [0.15, 0.2) is 52.1 Å². The van der Waals surface area contributed by atoms with Crippen molar-refractivity contribution in [2.75, 3.05) is 13.1 Å². The number of H-pyrrole nitrogens is 1. The fourth-order valence-electron chi connectivity index (χ4n) is 4.77. The van der Waals surface area contributed by atoms with Gasteiger partial charge in [0.25, 0.3) is 11.5 Å². The molecule has 0 bridgehead atoms. The van der Waals surface area contributed by atoms with Crippen molar-refractivity contribution in [2.45, 2.75) is 39.3 Å². The number of imidazole rings is 1. The summed E-state index contributed by atoms with van der Waals surface area (Å²) in [5.74, 6) is -0.0506. The van der Waals surface area contributed by atoms with Crippen LogP contribution < -0.4 is 11.2 Å². The highest BCUT2D eigenvalue weighted by molar-refractivity contribution is 5.97. The first-order chi connectivity index (χ1) is 15.5. The van der Waals surface area contributed by atoms with Gasteiger partial charge in [0.05, 0.1) is 22.1 Å². The van der Waals surface area contributed by atoms with Gasteiger partial charge in [-0.05, 0) is 57.0 Å². The van der Waals surface area contributed by atoms with Crippen molar-refractivity contribution in [3.05, 3.63) is 74.6 Å². The number of rotatable bonds is 3. The van der Waals surface area contributed by atoms with Gasteiger partial charge in [0.15, 0.2) is 0 Å². The smallest absolute Gasteiger partial charge is 0.326 e. The molecule has 0 saturated carbocycles. The van der Waals surface area contributed by atoms with E-state index in [0.717, 1.165) is 16.6 Å². The van der Waals surface area contributed by atoms with E-state index >= 15 is 0 Å². The van der Waals surface area contributed by atoms with Gasteiger partial charge in [0.2, 0.25) is 0 Å². The molecule has 1 N–H and O–H groups in total. The van der Waals surface area contributed by atoms with Gasteiger partial charge < -0.3 is 14.5 Å². The summed E-state index contributed by atoms with van der Waals surface area (Å²) in [5, 5.41) is 0. The number of likely N-dealkylation sites (tertiary alicyclic amines) is 1. The monoisotopic (exact) mass is 431 g/mol. The molecule has 5 rings (SSSR count). The van der Waals surface area contributed by atoms with Crippen molar-refractivity contribution in [1.82, 2.24) is 24.0 Å². The Balaban J connectivity index is 1.38. The van der Waals surface area contributed by atoms with E-state index < -0.39 is 0 Å². The van der Waals surface area contributed by atoms with Gasteiger partial charge in [-0.2, -0.15) is 0 Å². The minimum Gasteiger partial charge on any atom is -0.338 e. The Bertz CT molecular complexity index is 1450. The highest BCUT2D eigenvalue weighted by atomic mass is 16.2. The molecule has 1 aliphatic rings. The second kappa shape index (κ2) is 7.78. The van der Waals surface area contributed by atoms with Crippen molar-refractivity contribution >= 4 is 28.0 Å². The molecule has 164 valence electrons. The first-order valence-corrected chi connectivity index (χ1v) is 11.0. The number of amides is 1. The maximum absolute atomic E-state index is 13.2. The number of aromatic amines is 1. The normalized spacial score (nSPS) is 15.0. The molecule has 0 unspecified atom stereocenters. The first-order valence-electron chi connectivity index (χ1n) is 11.0. The molecule has 1 saturated heterocycles. The quantitative estimate of drug-likeness (QED) is 0.540. The van der Waals surface area contributed by atoms with Crippen LogP contribution in [-0.2, 0) is 6.54 Å². The lowest BCUT2D eigenvalue weighted by Crippen LogP contribution is -2.40. The molecular weight excluding hydrogens is 406 g/mol. The fourth-order valence-corrected chi connectivity index (χ4v) is 4.77. The Labute approximate surface area is 184 Å². The summed E-state index contributed by atoms with van der Waals surface area (Å²) in [6.07, 6.45) is 1.43. The molecule has 8 nitrogen and oxygen atoms in total. The molecular formula is C24H25N5O3. The van der Waals surface area contributed by atoms with Crippen LogP contribution in [0.3, 0.4) is 0 Å². The molecule has 0 radical (unpaired) electrons. The molecule has 32 heavy (non-hydrogen) atoms. The molecule has 0 aliphatic carbocycles. The number of aryl methyl sites for hydroxylation is 2. The molecule has 1 fully saturated rings. The van der Waals surface area contributed by atoms with Crippen molar-refractivity contribution in [1.29, 1.82) is 0 Å². The second-order valence-corrected chi connectivity index (χ2v) is 8.29. The Morgan fingerprint density at radius 1 is 1.09 bits per heavy atom. The maximum Gasteiger partial charge on any atom is 0.326 e. The van der Waals surface area contributed by atoms with E-state index in [1.54, 1.807) is 29.7 Å². The predicted molar refractivity (Wildman–Crippen MR) is 123 cm³/mol. The zero-order chi connectivity index (χ0) is 22.4. The Morgan fingerprint density at radius 2 is 1.84 bits per heavy atom. The van der Waals surface area contributed by atoms with Gasteiger partial charge in [0.1, 0.15) is 5.69 Å². The number of piperidine rings is 1. The largest absolute Gasteiger partial charge is 0.338 e. The van der Waals surface area contributed by atoms with Gasteiger partial charge in [-0.3, -0.25) is 14.2 Å². The van der Waals surface area contributed by atoms with Crippen LogP contribution in [0.2, 0.25) is 0 Å². The van der Waals surface area contributed by atoms with Crippen molar-refractivity contribution in [2.24, 2.45) is 0 Å². The first kappa shape index (κ1) is 20.2. The van der Waals surface area contributed by atoms with E-state index in [4.69, 9.17) is 0 Å². The number of nitrogens with one attached hydrogen (secondary N) is 1. The summed E-state index contributed by atoms with van der Waals surface area (Å²) in [4.78, 5) is 47.1. The standard InChI is InChI=1S/C24H25N5O3/c1-3-28-20-9-8-16(14-19(20)25-15(2)22(28)30)23(31)27-12-10-17(11-13-27)29-21-7-5-4-6-18(21)26-24(29)32/h4-9,14,17H,3,10-13H2,1-2H3,(H,26,32). The number of carbonyl (C=O) groups excluding carboxylic acids is 1. The zero-order valence-electron chi connectivity index (χ0n) is 18.2. The molecule has 3 heterocycles. The number of benzene rings is 2. The zero-order valence-corrected chi connectivity index (χ0v) is 18.2. The number of nitrogens with zero attached hydrogens (tertiary/aromatic N) is 4. The Morgan fingerprint density at radius 3 is 2.59 bits per heavy atom. The highest BCUT2D eigenvalue weighted by Crippen LogP contribution is 2.26. The predicted octanol–water partition coefficient (Wildman–Crippen LogP) is 2.85. The topological polar surface area (TPSA) is 93.0 Å². The molecule has 1 amide bonds. The van der Waals surface area contributed by atoms with E-state index in [0.29, 0.717) is 49.2 Å². The van der Waals surface area contributed by atoms with Crippen LogP contribution in [0, 0.1) is 6.92 Å². The molecule has 0 atom stereocenters. The van der Waals surface area contributed by atoms with Crippen LogP contribution >= 0.6 is 0 Å². The average molecular weight is 431 g/mol. The number of aromatic nitrogens is 4. The van der Waals surface area contributed by atoms with Crippen molar-refractivity contribution in [3.8, 4) is 0 Å². The summed E-state index contributed by atoms with van der Waals surface area (Å²) in [6.45, 7) is 5.32. The summed E-state index contributed by atoms with van der Waals surface area (Å²) in [6, 6.07) is 13.1. The molecule has 1 aliphatic heterocycles. The average Bonchev–Trinajstić information content (AvgIpc) is 3.15. The number of carbonyl (C=O) groups is 1. The lowest BCUT2D eigenvalue weighted by molar-refractivity contribution is 0.0695. The summed E-state index contributed by atoms with van der Waals surface area (Å²) >= 11 is 0. The minimum absolute atomic E-state index is 0.0506. The van der Waals surface area contributed by atoms with Gasteiger partial charge >= 0.3 is 5.69 Å². The third-order valence-electron chi connectivity index (χ3n) is 6.41. The van der Waals surface area contributed by atoms with Crippen LogP contribution in [0.1, 0.15) is 41.9 Å². The lowest BCUT2D eigenvalue weighted by atomic mass is 10.0. The molecule has 4 aromatic rings. The number of hydrogen-bond acceptors (Lipinski definition) is 4. The molecule has 2 aromatic heterocycles. The van der Waals surface area contributed by atoms with Crippen molar-refractivity contribution in [3.63, 3.8) is 0 Å². The van der Waals surface area contributed by atoms with Crippen LogP contribution in [0.25, 0.3) is 22.1 Å². The summed E-state index contributed by atoms with van der Waals surface area (Å²) in [5.41, 5.74) is 3.90. The highest BCUT2D eigenvalue weighted by Gasteiger charge is 2.27. The second-order valence-electron chi connectivity index (χ2n) is 8.29. The molecule has 8 heteroatoms. The van der Waals surface area contributed by atoms with Gasteiger partial charge in [0, 0.05) is 31.2 Å². The minimum atomic E-state index is -0.103. The van der Waals surface area contributed by atoms with Crippen LogP contribution in [0.4, 0.5) is 0 Å². The number of hydrogen-bond donors (Lipinski definition) is 1. The van der Waals surface area contributed by atoms with Gasteiger partial charge in [-0.15, -0.1) is 0 Å². The third kappa shape index (κ3) is 3.23. The SMILES string of the molecule is CCn1c(=O)c(C)nc2cc(C(=O)N3CCC(n4c(=O)[nH]c5ccccc54)CC3)ccc21. The number of para-hydroxylation sites is 2.